The maximum Gasteiger partial charge on any atom is 0.321 e. The van der Waals surface area contributed by atoms with Crippen molar-refractivity contribution in [1.29, 1.82) is 0 Å². The molecule has 4 atom stereocenters. The van der Waals surface area contributed by atoms with Gasteiger partial charge in [0.1, 0.15) is 12.2 Å². The van der Waals surface area contributed by atoms with E-state index < -0.39 is 39.9 Å². The summed E-state index contributed by atoms with van der Waals surface area (Å²) in [6.45, 7) is 3.87. The number of ether oxygens (including phenoxy) is 2. The lowest BCUT2D eigenvalue weighted by Gasteiger charge is -2.37. The molecule has 4 aromatic rings. The maximum atomic E-state index is 15.1. The van der Waals surface area contributed by atoms with E-state index in [1.54, 1.807) is 34.1 Å². The van der Waals surface area contributed by atoms with Crippen LogP contribution in [0.15, 0.2) is 109 Å². The summed E-state index contributed by atoms with van der Waals surface area (Å²) in [6, 6.07) is 30.9. The lowest BCUT2D eigenvalue weighted by Crippen LogP contribution is -2.51. The van der Waals surface area contributed by atoms with Gasteiger partial charge in [-0.05, 0) is 48.9 Å². The van der Waals surface area contributed by atoms with Crippen molar-refractivity contribution in [2.24, 2.45) is 0 Å². The number of nitrogens with zero attached hydrogens (tertiary/aromatic N) is 4. The fourth-order valence-corrected chi connectivity index (χ4v) is 6.68. The highest BCUT2D eigenvalue weighted by atomic mass is 16.8. The number of benzene rings is 4. The quantitative estimate of drug-likeness (QED) is 0.140. The molecule has 11 heteroatoms. The van der Waals surface area contributed by atoms with Crippen LogP contribution in [0, 0.1) is 20.2 Å². The molecule has 47 heavy (non-hydrogen) atoms. The molecule has 0 N–H and O–H groups in total. The van der Waals surface area contributed by atoms with Crippen molar-refractivity contribution in [2.75, 3.05) is 0 Å². The number of urea groups is 1. The van der Waals surface area contributed by atoms with Gasteiger partial charge in [0.25, 0.3) is 11.4 Å². The molecule has 11 nitrogen and oxygen atoms in total. The van der Waals surface area contributed by atoms with Gasteiger partial charge < -0.3 is 19.3 Å². The minimum atomic E-state index is -0.964. The van der Waals surface area contributed by atoms with Gasteiger partial charge in [-0.3, -0.25) is 20.2 Å². The lowest BCUT2D eigenvalue weighted by atomic mass is 9.91. The van der Waals surface area contributed by atoms with E-state index in [9.17, 15) is 20.2 Å². The summed E-state index contributed by atoms with van der Waals surface area (Å²) in [6.07, 6.45) is -0.219. The summed E-state index contributed by atoms with van der Waals surface area (Å²) < 4.78 is 13.3. The third-order valence-corrected chi connectivity index (χ3v) is 8.74. The highest BCUT2D eigenvalue weighted by Crippen LogP contribution is 2.40. The summed E-state index contributed by atoms with van der Waals surface area (Å²) >= 11 is 0. The van der Waals surface area contributed by atoms with Crippen LogP contribution < -0.4 is 0 Å². The van der Waals surface area contributed by atoms with Crippen molar-refractivity contribution in [1.82, 2.24) is 9.80 Å². The molecule has 0 aliphatic carbocycles. The van der Waals surface area contributed by atoms with Gasteiger partial charge in [-0.1, -0.05) is 84.9 Å². The average Bonchev–Trinajstić information content (AvgIpc) is 3.36. The van der Waals surface area contributed by atoms with E-state index >= 15 is 4.79 Å². The van der Waals surface area contributed by atoms with Crippen LogP contribution >= 0.6 is 0 Å². The van der Waals surface area contributed by atoms with Gasteiger partial charge in [0.15, 0.2) is 5.79 Å². The molecule has 6 rings (SSSR count). The second-order valence-corrected chi connectivity index (χ2v) is 12.5. The Balaban J connectivity index is 1.50. The van der Waals surface area contributed by atoms with Gasteiger partial charge >= 0.3 is 6.03 Å². The smallest absolute Gasteiger partial charge is 0.321 e. The topological polar surface area (TPSA) is 128 Å². The first-order valence-corrected chi connectivity index (χ1v) is 15.6. The highest BCUT2D eigenvalue weighted by Gasteiger charge is 2.55. The zero-order valence-corrected chi connectivity index (χ0v) is 26.2. The predicted octanol–water partition coefficient (Wildman–Crippen LogP) is 6.68. The van der Waals surface area contributed by atoms with Crippen LogP contribution in [-0.4, -0.2) is 55.8 Å². The molecule has 0 unspecified atom stereocenters. The third-order valence-electron chi connectivity index (χ3n) is 8.74. The van der Waals surface area contributed by atoms with Crippen LogP contribution in [0.3, 0.4) is 0 Å². The van der Waals surface area contributed by atoms with Crippen LogP contribution in [0.4, 0.5) is 16.2 Å². The molecule has 2 heterocycles. The Hall–Kier alpha value is -5.13. The molecule has 2 fully saturated rings. The molecule has 0 bridgehead atoms. The van der Waals surface area contributed by atoms with Crippen LogP contribution in [0.2, 0.25) is 0 Å². The molecule has 0 radical (unpaired) electrons. The van der Waals surface area contributed by atoms with Crippen LogP contribution in [0.1, 0.15) is 36.1 Å². The number of hydrogen-bond acceptors (Lipinski definition) is 7. The monoisotopic (exact) mass is 636 g/mol. The zero-order valence-electron chi connectivity index (χ0n) is 26.2. The molecule has 0 spiro atoms. The van der Waals surface area contributed by atoms with Gasteiger partial charge in [0.2, 0.25) is 0 Å². The van der Waals surface area contributed by atoms with Crippen molar-refractivity contribution in [3.8, 4) is 0 Å². The number of carbonyl (C=O) groups is 1. The average molecular weight is 637 g/mol. The summed E-state index contributed by atoms with van der Waals surface area (Å²) in [5.41, 5.74) is 3.04. The molecule has 2 aliphatic rings. The Kier molecular flexibility index (Phi) is 9.01. The van der Waals surface area contributed by atoms with Crippen molar-refractivity contribution >= 4 is 17.4 Å². The van der Waals surface area contributed by atoms with E-state index in [4.69, 9.17) is 9.47 Å². The molecule has 4 aromatic carbocycles. The Morgan fingerprint density at radius 1 is 0.617 bits per heavy atom. The van der Waals surface area contributed by atoms with Gasteiger partial charge in [0.05, 0.1) is 21.9 Å². The Morgan fingerprint density at radius 2 is 1.00 bits per heavy atom. The Bertz CT molecular complexity index is 1630. The maximum absolute atomic E-state index is 15.1. The standard InChI is InChI=1S/C36H36N4O7/c1-36(2)46-33-31(21-25-11-5-3-6-12-25)37(23-27-15-9-17-29(19-27)39(42)43)35(41)38(24-28-16-10-18-30(20-28)40(44)45)32(34(33)47-36)22-26-13-7-4-8-14-26/h3-20,31-34H,21-24H2,1-2H3/t31-,32-,33+,34+/m1/s1. The summed E-state index contributed by atoms with van der Waals surface area (Å²) in [7, 11) is 0. The fourth-order valence-electron chi connectivity index (χ4n) is 6.68. The van der Waals surface area contributed by atoms with Crippen molar-refractivity contribution in [2.45, 2.75) is 69.9 Å². The van der Waals surface area contributed by atoms with Crippen LogP contribution in [-0.2, 0) is 35.4 Å². The first kappa shape index (κ1) is 31.8. The molecular formula is C36H36N4O7. The minimum absolute atomic E-state index is 0.0701. The van der Waals surface area contributed by atoms with Crippen molar-refractivity contribution in [3.63, 3.8) is 0 Å². The number of carbonyl (C=O) groups excluding carboxylic acids is 1. The third kappa shape index (κ3) is 7.16. The van der Waals surface area contributed by atoms with Crippen molar-refractivity contribution in [3.05, 3.63) is 152 Å². The summed E-state index contributed by atoms with van der Waals surface area (Å²) in [5, 5.41) is 23.3. The van der Waals surface area contributed by atoms with Crippen LogP contribution in [0.5, 0.6) is 0 Å². The first-order valence-electron chi connectivity index (χ1n) is 15.6. The van der Waals surface area contributed by atoms with Gasteiger partial charge in [-0.15, -0.1) is 0 Å². The second kappa shape index (κ2) is 13.3. The first-order chi connectivity index (χ1) is 22.6. The largest absolute Gasteiger partial charge is 0.342 e. The number of non-ortho nitro benzene ring substituents is 2. The van der Waals surface area contributed by atoms with Gasteiger partial charge in [-0.25, -0.2) is 4.79 Å². The molecule has 242 valence electrons. The molecular weight excluding hydrogens is 600 g/mol. The highest BCUT2D eigenvalue weighted by molar-refractivity contribution is 5.76. The number of hydrogen-bond donors (Lipinski definition) is 0. The number of fused-ring (bicyclic) bond motifs is 1. The Morgan fingerprint density at radius 3 is 1.38 bits per heavy atom. The fraction of sp³-hybridized carbons (Fsp3) is 0.306. The number of nitro benzene ring substituents is 2. The number of rotatable bonds is 10. The summed E-state index contributed by atoms with van der Waals surface area (Å²) in [4.78, 5) is 41.0. The normalized spacial score (nSPS) is 22.0. The predicted molar refractivity (Wildman–Crippen MR) is 174 cm³/mol. The number of amides is 2. The molecule has 2 saturated heterocycles. The minimum Gasteiger partial charge on any atom is -0.342 e. The van der Waals surface area contributed by atoms with E-state index in [1.807, 2.05) is 74.5 Å². The van der Waals surface area contributed by atoms with E-state index in [-0.39, 0.29) is 30.5 Å². The van der Waals surface area contributed by atoms with Gasteiger partial charge in [0, 0.05) is 37.4 Å². The SMILES string of the molecule is CC1(C)O[C@@H]2[C@@H](O1)[C@@H](Cc1ccccc1)N(Cc1cccc([N+](=O)[O-])c1)C(=O)N(Cc1cccc([N+](=O)[O-])c1)[C@@H]2Cc1ccccc1. The molecule has 2 aliphatic heterocycles. The van der Waals surface area contributed by atoms with Crippen molar-refractivity contribution < 1.29 is 24.1 Å². The van der Waals surface area contributed by atoms with E-state index in [0.29, 0.717) is 24.0 Å². The Labute approximate surface area is 272 Å². The van der Waals surface area contributed by atoms with E-state index in [1.165, 1.54) is 24.3 Å². The van der Waals surface area contributed by atoms with E-state index in [2.05, 4.69) is 0 Å². The van der Waals surface area contributed by atoms with Crippen LogP contribution in [0.25, 0.3) is 0 Å². The lowest BCUT2D eigenvalue weighted by molar-refractivity contribution is -0.385. The van der Waals surface area contributed by atoms with Gasteiger partial charge in [-0.2, -0.15) is 0 Å². The second-order valence-electron chi connectivity index (χ2n) is 12.5. The van der Waals surface area contributed by atoms with E-state index in [0.717, 1.165) is 11.1 Å². The zero-order chi connectivity index (χ0) is 33.1. The molecule has 2 amide bonds. The molecule has 0 aromatic heterocycles. The molecule has 0 saturated carbocycles. The summed E-state index contributed by atoms with van der Waals surface area (Å²) in [5.74, 6) is -0.964. The number of nitro groups is 2.